The van der Waals surface area contributed by atoms with Gasteiger partial charge in [0.25, 0.3) is 0 Å². The number of rotatable bonds is 8. The molecule has 1 N–H and O–H groups in total. The Morgan fingerprint density at radius 1 is 1.29 bits per heavy atom. The number of hydrogen-bond acceptors (Lipinski definition) is 3. The SMILES string of the molecule is CCCSCC(NC)c1ccccc1OCC. The first-order chi connectivity index (χ1) is 8.33. The monoisotopic (exact) mass is 253 g/mol. The first-order valence-corrected chi connectivity index (χ1v) is 7.45. The molecule has 1 aromatic carbocycles. The second-order valence-electron chi connectivity index (χ2n) is 3.89. The minimum absolute atomic E-state index is 0.370. The summed E-state index contributed by atoms with van der Waals surface area (Å²) in [6.45, 7) is 4.96. The van der Waals surface area contributed by atoms with E-state index in [1.165, 1.54) is 17.7 Å². The molecule has 1 aromatic rings. The molecule has 1 rings (SSSR count). The normalized spacial score (nSPS) is 12.4. The quantitative estimate of drug-likeness (QED) is 0.717. The Morgan fingerprint density at radius 2 is 2.06 bits per heavy atom. The Bertz CT molecular complexity index is 317. The maximum absolute atomic E-state index is 5.68. The third-order valence-electron chi connectivity index (χ3n) is 2.58. The van der Waals surface area contributed by atoms with Crippen LogP contribution in [0.15, 0.2) is 24.3 Å². The molecule has 0 fully saturated rings. The summed E-state index contributed by atoms with van der Waals surface area (Å²) in [6, 6.07) is 8.67. The summed E-state index contributed by atoms with van der Waals surface area (Å²) in [5.74, 6) is 3.31. The van der Waals surface area contributed by atoms with Crippen LogP contribution in [0.2, 0.25) is 0 Å². The molecule has 0 heterocycles. The van der Waals surface area contributed by atoms with Crippen molar-refractivity contribution in [3.05, 3.63) is 29.8 Å². The lowest BCUT2D eigenvalue weighted by Gasteiger charge is -2.19. The van der Waals surface area contributed by atoms with E-state index < -0.39 is 0 Å². The second kappa shape index (κ2) is 8.43. The third-order valence-corrected chi connectivity index (χ3v) is 3.84. The number of para-hydroxylation sites is 1. The van der Waals surface area contributed by atoms with E-state index in [0.29, 0.717) is 6.04 Å². The van der Waals surface area contributed by atoms with Crippen molar-refractivity contribution in [3.63, 3.8) is 0 Å². The van der Waals surface area contributed by atoms with Gasteiger partial charge in [0.05, 0.1) is 6.61 Å². The molecule has 0 aromatic heterocycles. The molecule has 0 radical (unpaired) electrons. The highest BCUT2D eigenvalue weighted by molar-refractivity contribution is 7.99. The zero-order valence-electron chi connectivity index (χ0n) is 11.0. The highest BCUT2D eigenvalue weighted by Gasteiger charge is 2.13. The van der Waals surface area contributed by atoms with Crippen LogP contribution in [0.25, 0.3) is 0 Å². The number of ether oxygens (including phenoxy) is 1. The van der Waals surface area contributed by atoms with Gasteiger partial charge in [-0.05, 0) is 32.2 Å². The van der Waals surface area contributed by atoms with Crippen molar-refractivity contribution in [2.75, 3.05) is 25.2 Å². The fourth-order valence-electron chi connectivity index (χ4n) is 1.73. The van der Waals surface area contributed by atoms with E-state index in [1.54, 1.807) is 0 Å². The number of benzene rings is 1. The molecule has 0 aliphatic rings. The van der Waals surface area contributed by atoms with Gasteiger partial charge in [0.15, 0.2) is 0 Å². The van der Waals surface area contributed by atoms with Gasteiger partial charge in [-0.3, -0.25) is 0 Å². The van der Waals surface area contributed by atoms with Crippen LogP contribution < -0.4 is 10.1 Å². The van der Waals surface area contributed by atoms with Crippen molar-refractivity contribution in [1.82, 2.24) is 5.32 Å². The molecule has 0 saturated carbocycles. The molecular weight excluding hydrogens is 230 g/mol. The van der Waals surface area contributed by atoms with E-state index >= 15 is 0 Å². The van der Waals surface area contributed by atoms with Gasteiger partial charge in [-0.25, -0.2) is 0 Å². The molecule has 96 valence electrons. The number of nitrogens with one attached hydrogen (secondary N) is 1. The molecule has 0 amide bonds. The van der Waals surface area contributed by atoms with Crippen molar-refractivity contribution < 1.29 is 4.74 Å². The smallest absolute Gasteiger partial charge is 0.124 e. The maximum atomic E-state index is 5.68. The van der Waals surface area contributed by atoms with E-state index in [4.69, 9.17) is 4.74 Å². The van der Waals surface area contributed by atoms with Crippen molar-refractivity contribution in [2.45, 2.75) is 26.3 Å². The standard InChI is InChI=1S/C14H23NOS/c1-4-10-17-11-13(15-3)12-8-6-7-9-14(12)16-5-2/h6-9,13,15H,4-5,10-11H2,1-3H3. The van der Waals surface area contributed by atoms with E-state index in [2.05, 4.69) is 24.4 Å². The molecule has 0 saturated heterocycles. The lowest BCUT2D eigenvalue weighted by molar-refractivity contribution is 0.333. The number of thioether (sulfide) groups is 1. The van der Waals surface area contributed by atoms with Crippen LogP contribution in [0.5, 0.6) is 5.75 Å². The van der Waals surface area contributed by atoms with E-state index in [9.17, 15) is 0 Å². The fraction of sp³-hybridized carbons (Fsp3) is 0.571. The summed E-state index contributed by atoms with van der Waals surface area (Å²) in [6.07, 6.45) is 1.23. The predicted octanol–water partition coefficient (Wildman–Crippen LogP) is 3.49. The van der Waals surface area contributed by atoms with Gasteiger partial charge >= 0.3 is 0 Å². The molecule has 1 atom stereocenters. The first kappa shape index (κ1) is 14.4. The average Bonchev–Trinajstić information content (AvgIpc) is 2.36. The molecule has 0 bridgehead atoms. The maximum Gasteiger partial charge on any atom is 0.124 e. The van der Waals surface area contributed by atoms with Crippen LogP contribution in [-0.4, -0.2) is 25.2 Å². The molecule has 0 aliphatic heterocycles. The Kier molecular flexibility index (Phi) is 7.13. The Morgan fingerprint density at radius 3 is 2.71 bits per heavy atom. The lowest BCUT2D eigenvalue weighted by Crippen LogP contribution is -2.19. The van der Waals surface area contributed by atoms with Crippen LogP contribution in [0.3, 0.4) is 0 Å². The molecule has 0 spiro atoms. The van der Waals surface area contributed by atoms with Gasteiger partial charge in [0, 0.05) is 17.4 Å². The Hall–Kier alpha value is -0.670. The van der Waals surface area contributed by atoms with Crippen LogP contribution in [0.4, 0.5) is 0 Å². The van der Waals surface area contributed by atoms with Gasteiger partial charge in [-0.15, -0.1) is 0 Å². The summed E-state index contributed by atoms with van der Waals surface area (Å²) in [7, 11) is 2.01. The largest absolute Gasteiger partial charge is 0.494 e. The van der Waals surface area contributed by atoms with E-state index in [1.807, 2.05) is 37.9 Å². The van der Waals surface area contributed by atoms with Crippen LogP contribution in [0, 0.1) is 0 Å². The first-order valence-electron chi connectivity index (χ1n) is 6.30. The van der Waals surface area contributed by atoms with Gasteiger partial charge in [-0.2, -0.15) is 11.8 Å². The molecular formula is C14H23NOS. The fourth-order valence-corrected chi connectivity index (χ4v) is 2.77. The van der Waals surface area contributed by atoms with Gasteiger partial charge in [0.2, 0.25) is 0 Å². The Balaban J connectivity index is 2.72. The van der Waals surface area contributed by atoms with Gasteiger partial charge in [0.1, 0.15) is 5.75 Å². The van der Waals surface area contributed by atoms with Crippen LogP contribution >= 0.6 is 11.8 Å². The van der Waals surface area contributed by atoms with Crippen molar-refractivity contribution in [2.24, 2.45) is 0 Å². The second-order valence-corrected chi connectivity index (χ2v) is 5.04. The highest BCUT2D eigenvalue weighted by atomic mass is 32.2. The Labute approximate surface area is 109 Å². The molecule has 2 nitrogen and oxygen atoms in total. The topological polar surface area (TPSA) is 21.3 Å². The predicted molar refractivity (Wildman–Crippen MR) is 77.0 cm³/mol. The van der Waals surface area contributed by atoms with Crippen molar-refractivity contribution in [1.29, 1.82) is 0 Å². The van der Waals surface area contributed by atoms with Gasteiger partial charge in [-0.1, -0.05) is 25.1 Å². The van der Waals surface area contributed by atoms with Crippen molar-refractivity contribution in [3.8, 4) is 5.75 Å². The van der Waals surface area contributed by atoms with Crippen molar-refractivity contribution >= 4 is 11.8 Å². The van der Waals surface area contributed by atoms with E-state index in [0.717, 1.165) is 18.1 Å². The van der Waals surface area contributed by atoms with Gasteiger partial charge < -0.3 is 10.1 Å². The highest BCUT2D eigenvalue weighted by Crippen LogP contribution is 2.27. The molecule has 17 heavy (non-hydrogen) atoms. The third kappa shape index (κ3) is 4.60. The van der Waals surface area contributed by atoms with Crippen LogP contribution in [0.1, 0.15) is 31.9 Å². The molecule has 3 heteroatoms. The van der Waals surface area contributed by atoms with E-state index in [-0.39, 0.29) is 0 Å². The number of hydrogen-bond donors (Lipinski definition) is 1. The average molecular weight is 253 g/mol. The minimum atomic E-state index is 0.370. The summed E-state index contributed by atoms with van der Waals surface area (Å²) in [5, 5.41) is 3.38. The minimum Gasteiger partial charge on any atom is -0.494 e. The molecule has 0 aliphatic carbocycles. The summed E-state index contributed by atoms with van der Waals surface area (Å²) < 4.78 is 5.68. The zero-order chi connectivity index (χ0) is 12.5. The summed E-state index contributed by atoms with van der Waals surface area (Å²) >= 11 is 1.99. The van der Waals surface area contributed by atoms with Crippen LogP contribution in [-0.2, 0) is 0 Å². The lowest BCUT2D eigenvalue weighted by atomic mass is 10.1. The summed E-state index contributed by atoms with van der Waals surface area (Å²) in [4.78, 5) is 0. The summed E-state index contributed by atoms with van der Waals surface area (Å²) in [5.41, 5.74) is 1.26. The molecule has 1 unspecified atom stereocenters. The zero-order valence-corrected chi connectivity index (χ0v) is 11.8.